The van der Waals surface area contributed by atoms with Crippen molar-refractivity contribution in [3.63, 3.8) is 0 Å². The van der Waals surface area contributed by atoms with Gasteiger partial charge in [0.25, 0.3) is 0 Å². The SMILES string of the molecule is COC1CCN(Cc2cnc3c(C(=O)Cc4cnccc4N4C[C@@H](N)C[C@@H](C(F)(F)F)C4)c(N)oc3c2)CC1. The number of nitrogen functional groups attached to an aromatic ring is 1. The van der Waals surface area contributed by atoms with Crippen LogP contribution in [0.15, 0.2) is 35.1 Å². The number of rotatable bonds is 7. The van der Waals surface area contributed by atoms with Crippen LogP contribution in [0.5, 0.6) is 0 Å². The zero-order valence-corrected chi connectivity index (χ0v) is 21.8. The van der Waals surface area contributed by atoms with Gasteiger partial charge in [-0.2, -0.15) is 13.2 Å². The number of carbonyl (C=O) groups excluding carboxylic acids is 1. The van der Waals surface area contributed by atoms with Crippen molar-refractivity contribution in [1.82, 2.24) is 14.9 Å². The molecule has 0 spiro atoms. The lowest BCUT2D eigenvalue weighted by Gasteiger charge is -2.39. The average Bonchev–Trinajstić information content (AvgIpc) is 3.23. The van der Waals surface area contributed by atoms with Crippen molar-refractivity contribution in [2.75, 3.05) is 43.9 Å². The lowest BCUT2D eigenvalue weighted by molar-refractivity contribution is -0.177. The molecule has 5 rings (SSSR count). The third kappa shape index (κ3) is 6.02. The van der Waals surface area contributed by atoms with Crippen LogP contribution >= 0.6 is 0 Å². The molecule has 210 valence electrons. The number of aromatic nitrogens is 2. The number of furan rings is 1. The Balaban J connectivity index is 1.34. The number of anilines is 2. The van der Waals surface area contributed by atoms with E-state index in [1.54, 1.807) is 24.3 Å². The van der Waals surface area contributed by atoms with Crippen LogP contribution in [0.25, 0.3) is 11.1 Å². The number of hydrogen-bond donors (Lipinski definition) is 2. The molecular formula is C27H33F3N6O3. The summed E-state index contributed by atoms with van der Waals surface area (Å²) in [5, 5.41) is 0. The van der Waals surface area contributed by atoms with Crippen LogP contribution in [0.1, 0.15) is 40.7 Å². The number of likely N-dealkylation sites (tertiary alicyclic amines) is 1. The number of nitrogens with zero attached hydrogens (tertiary/aromatic N) is 4. The highest BCUT2D eigenvalue weighted by atomic mass is 19.4. The zero-order valence-electron chi connectivity index (χ0n) is 21.8. The van der Waals surface area contributed by atoms with E-state index in [1.807, 2.05) is 6.07 Å². The number of ketones is 1. The fourth-order valence-electron chi connectivity index (χ4n) is 5.65. The van der Waals surface area contributed by atoms with Crippen molar-refractivity contribution in [3.8, 4) is 0 Å². The Kier molecular flexibility index (Phi) is 7.79. The summed E-state index contributed by atoms with van der Waals surface area (Å²) in [6.07, 6.45) is 2.33. The van der Waals surface area contributed by atoms with Crippen LogP contribution in [0.4, 0.5) is 24.7 Å². The number of nitrogens with two attached hydrogens (primary N) is 2. The van der Waals surface area contributed by atoms with Gasteiger partial charge in [-0.15, -0.1) is 0 Å². The first kappa shape index (κ1) is 27.4. The molecule has 0 radical (unpaired) electrons. The number of halogens is 3. The van der Waals surface area contributed by atoms with E-state index in [4.69, 9.17) is 20.6 Å². The highest BCUT2D eigenvalue weighted by molar-refractivity contribution is 6.10. The van der Waals surface area contributed by atoms with E-state index in [0.29, 0.717) is 35.0 Å². The van der Waals surface area contributed by atoms with E-state index in [1.165, 1.54) is 12.4 Å². The molecule has 0 saturated carbocycles. The Labute approximate surface area is 224 Å². The highest BCUT2D eigenvalue weighted by Gasteiger charge is 2.44. The molecule has 2 fully saturated rings. The van der Waals surface area contributed by atoms with Crippen LogP contribution in [-0.2, 0) is 17.7 Å². The van der Waals surface area contributed by atoms with E-state index >= 15 is 0 Å². The molecule has 2 saturated heterocycles. The number of piperidine rings is 2. The maximum Gasteiger partial charge on any atom is 0.393 e. The van der Waals surface area contributed by atoms with E-state index in [0.717, 1.165) is 31.5 Å². The molecule has 0 amide bonds. The average molecular weight is 547 g/mol. The van der Waals surface area contributed by atoms with Crippen molar-refractivity contribution >= 4 is 28.5 Å². The maximum atomic E-state index is 13.5. The molecule has 3 aromatic rings. The summed E-state index contributed by atoms with van der Waals surface area (Å²) < 4.78 is 51.6. The summed E-state index contributed by atoms with van der Waals surface area (Å²) in [4.78, 5) is 26.0. The molecular weight excluding hydrogens is 513 g/mol. The van der Waals surface area contributed by atoms with Crippen LogP contribution < -0.4 is 16.4 Å². The van der Waals surface area contributed by atoms with E-state index in [2.05, 4.69) is 14.9 Å². The Morgan fingerprint density at radius 1 is 1.23 bits per heavy atom. The van der Waals surface area contributed by atoms with E-state index < -0.39 is 18.1 Å². The second kappa shape index (κ2) is 11.1. The van der Waals surface area contributed by atoms with Crippen LogP contribution in [-0.4, -0.2) is 72.3 Å². The molecule has 12 heteroatoms. The Morgan fingerprint density at radius 3 is 2.72 bits per heavy atom. The number of hydrogen-bond acceptors (Lipinski definition) is 9. The van der Waals surface area contributed by atoms with Crippen molar-refractivity contribution in [2.45, 2.75) is 50.6 Å². The smallest absolute Gasteiger partial charge is 0.393 e. The Morgan fingerprint density at radius 2 is 2.00 bits per heavy atom. The topological polar surface area (TPSA) is 124 Å². The molecule has 0 aromatic carbocycles. The largest absolute Gasteiger partial charge is 0.438 e. The van der Waals surface area contributed by atoms with Gasteiger partial charge in [0.05, 0.1) is 12.0 Å². The molecule has 2 aliphatic rings. The minimum atomic E-state index is -4.35. The molecule has 2 aliphatic heterocycles. The van der Waals surface area contributed by atoms with Crippen molar-refractivity contribution in [3.05, 3.63) is 47.4 Å². The minimum Gasteiger partial charge on any atom is -0.438 e. The van der Waals surface area contributed by atoms with Crippen LogP contribution in [0.2, 0.25) is 0 Å². The third-order valence-electron chi connectivity index (χ3n) is 7.68. The molecule has 3 aromatic heterocycles. The van der Waals surface area contributed by atoms with E-state index in [-0.39, 0.29) is 43.2 Å². The quantitative estimate of drug-likeness (QED) is 0.428. The predicted molar refractivity (Wildman–Crippen MR) is 140 cm³/mol. The second-order valence-corrected chi connectivity index (χ2v) is 10.5. The monoisotopic (exact) mass is 546 g/mol. The number of alkyl halides is 3. The standard InChI is InChI=1S/C27H33F3N6O3/c1-38-20-3-6-35(7-4-20)13-16-8-23-25(34-11-16)24(26(32)39-23)22(37)9-17-12-33-5-2-21(17)36-14-18(27(28,29)30)10-19(31)15-36/h2,5,8,11-12,18-20H,3-4,6-7,9-10,13-15,31-32H2,1H3/t18-,19+/m1/s1. The summed E-state index contributed by atoms with van der Waals surface area (Å²) in [5.41, 5.74) is 15.0. The number of methoxy groups -OCH3 is 1. The number of Topliss-reactive ketones (excluding diaryl/α,β-unsaturated/α-hetero) is 1. The van der Waals surface area contributed by atoms with Gasteiger partial charge in [0, 0.05) is 82.1 Å². The first-order chi connectivity index (χ1) is 18.6. The number of pyridine rings is 2. The van der Waals surface area contributed by atoms with Crippen LogP contribution in [0, 0.1) is 5.92 Å². The Hall–Kier alpha value is -3.22. The van der Waals surface area contributed by atoms with Gasteiger partial charge in [-0.25, -0.2) is 0 Å². The van der Waals surface area contributed by atoms with Gasteiger partial charge in [-0.3, -0.25) is 19.7 Å². The highest BCUT2D eigenvalue weighted by Crippen LogP contribution is 2.36. The molecule has 4 N–H and O–H groups in total. The molecule has 0 bridgehead atoms. The molecule has 0 unspecified atom stereocenters. The van der Waals surface area contributed by atoms with Gasteiger partial charge in [0.1, 0.15) is 11.1 Å². The lowest BCUT2D eigenvalue weighted by Crippen LogP contribution is -2.51. The summed E-state index contributed by atoms with van der Waals surface area (Å²) in [6, 6.07) is 2.82. The molecule has 39 heavy (non-hydrogen) atoms. The molecule has 5 heterocycles. The first-order valence-corrected chi connectivity index (χ1v) is 13.1. The number of carbonyl (C=O) groups is 1. The maximum absolute atomic E-state index is 13.5. The minimum absolute atomic E-state index is 0.0388. The first-order valence-electron chi connectivity index (χ1n) is 13.1. The normalized spacial score (nSPS) is 21.5. The Bertz CT molecular complexity index is 1320. The summed E-state index contributed by atoms with van der Waals surface area (Å²) in [6.45, 7) is 2.55. The van der Waals surface area contributed by atoms with E-state index in [9.17, 15) is 18.0 Å². The summed E-state index contributed by atoms with van der Waals surface area (Å²) in [5.74, 6) is -1.93. The third-order valence-corrected chi connectivity index (χ3v) is 7.68. The molecule has 2 atom stereocenters. The molecule has 9 nitrogen and oxygen atoms in total. The van der Waals surface area contributed by atoms with Gasteiger partial charge in [0.15, 0.2) is 11.4 Å². The fraction of sp³-hybridized carbons (Fsp3) is 0.519. The zero-order chi connectivity index (χ0) is 27.7. The van der Waals surface area contributed by atoms with Crippen molar-refractivity contribution in [1.29, 1.82) is 0 Å². The van der Waals surface area contributed by atoms with Gasteiger partial charge >= 0.3 is 6.18 Å². The predicted octanol–water partition coefficient (Wildman–Crippen LogP) is 3.56. The molecule has 0 aliphatic carbocycles. The summed E-state index contributed by atoms with van der Waals surface area (Å²) >= 11 is 0. The lowest BCUT2D eigenvalue weighted by atomic mass is 9.93. The van der Waals surface area contributed by atoms with Gasteiger partial charge < -0.3 is 25.5 Å². The van der Waals surface area contributed by atoms with Crippen LogP contribution in [0.3, 0.4) is 0 Å². The van der Waals surface area contributed by atoms with Gasteiger partial charge in [0.2, 0.25) is 5.88 Å². The fourth-order valence-corrected chi connectivity index (χ4v) is 5.65. The van der Waals surface area contributed by atoms with Gasteiger partial charge in [-0.1, -0.05) is 0 Å². The second-order valence-electron chi connectivity index (χ2n) is 10.5. The van der Waals surface area contributed by atoms with Crippen molar-refractivity contribution < 1.29 is 27.1 Å². The van der Waals surface area contributed by atoms with Crippen molar-refractivity contribution in [2.24, 2.45) is 11.7 Å². The van der Waals surface area contributed by atoms with Gasteiger partial charge in [-0.05, 0) is 37.0 Å². The summed E-state index contributed by atoms with van der Waals surface area (Å²) in [7, 11) is 1.74. The number of ether oxygens (including phenoxy) is 1. The number of fused-ring (bicyclic) bond motifs is 1.